The number of rotatable bonds is 10. The fourth-order valence-corrected chi connectivity index (χ4v) is 4.21. The van der Waals surface area contributed by atoms with E-state index in [-0.39, 0.29) is 13.0 Å². The molecule has 2 aromatic rings. The van der Waals surface area contributed by atoms with E-state index < -0.39 is 48.1 Å². The van der Waals surface area contributed by atoms with Crippen LogP contribution in [-0.4, -0.2) is 71.8 Å². The van der Waals surface area contributed by atoms with Crippen LogP contribution < -0.4 is 10.6 Å². The lowest BCUT2D eigenvalue weighted by molar-refractivity contribution is -0.149. The zero-order valence-corrected chi connectivity index (χ0v) is 21.0. The van der Waals surface area contributed by atoms with Crippen LogP contribution in [0.2, 0.25) is 0 Å². The molecular weight excluding hydrogens is 478 g/mol. The summed E-state index contributed by atoms with van der Waals surface area (Å²) in [5.41, 5.74) is 1.63. The van der Waals surface area contributed by atoms with Crippen molar-refractivity contribution in [1.29, 1.82) is 0 Å². The number of carbonyl (C=O) groups excluding carboxylic acids is 4. The number of nitrogens with zero attached hydrogens (tertiary/aromatic N) is 1. The zero-order valence-electron chi connectivity index (χ0n) is 21.0. The van der Waals surface area contributed by atoms with E-state index in [0.29, 0.717) is 19.4 Å². The van der Waals surface area contributed by atoms with Crippen LogP contribution in [-0.2, 0) is 36.9 Å². The Hall–Kier alpha value is -3.92. The van der Waals surface area contributed by atoms with Gasteiger partial charge < -0.3 is 30.1 Å². The summed E-state index contributed by atoms with van der Waals surface area (Å²) < 4.78 is 9.98. The van der Waals surface area contributed by atoms with Crippen LogP contribution in [0.25, 0.3) is 0 Å². The van der Waals surface area contributed by atoms with Gasteiger partial charge in [0.1, 0.15) is 18.7 Å². The molecule has 4 atom stereocenters. The van der Waals surface area contributed by atoms with Gasteiger partial charge in [0.25, 0.3) is 0 Å². The van der Waals surface area contributed by atoms with E-state index in [9.17, 15) is 24.3 Å². The summed E-state index contributed by atoms with van der Waals surface area (Å²) >= 11 is 0. The van der Waals surface area contributed by atoms with Crippen LogP contribution in [0, 0.1) is 0 Å². The van der Waals surface area contributed by atoms with Crippen molar-refractivity contribution in [2.24, 2.45) is 0 Å². The van der Waals surface area contributed by atoms with Gasteiger partial charge in [-0.2, -0.15) is 0 Å². The summed E-state index contributed by atoms with van der Waals surface area (Å²) in [4.78, 5) is 52.6. The van der Waals surface area contributed by atoms with Crippen molar-refractivity contribution in [1.82, 2.24) is 15.5 Å². The number of ether oxygens (including phenoxy) is 2. The van der Waals surface area contributed by atoms with Crippen molar-refractivity contribution in [2.75, 3.05) is 13.7 Å². The number of hydrogen-bond acceptors (Lipinski definition) is 7. The van der Waals surface area contributed by atoms with E-state index in [2.05, 4.69) is 15.4 Å². The van der Waals surface area contributed by atoms with E-state index >= 15 is 0 Å². The predicted octanol–water partition coefficient (Wildman–Crippen LogP) is 1.55. The molecule has 3 N–H and O–H groups in total. The van der Waals surface area contributed by atoms with Crippen molar-refractivity contribution < 1.29 is 33.8 Å². The van der Waals surface area contributed by atoms with Crippen molar-refractivity contribution in [3.63, 3.8) is 0 Å². The molecule has 0 saturated carbocycles. The molecule has 0 unspecified atom stereocenters. The highest BCUT2D eigenvalue weighted by Gasteiger charge is 2.39. The molecule has 1 fully saturated rings. The average Bonchev–Trinajstić information content (AvgIpc) is 3.40. The van der Waals surface area contributed by atoms with Gasteiger partial charge in [0, 0.05) is 13.0 Å². The maximum Gasteiger partial charge on any atom is 0.408 e. The molecule has 37 heavy (non-hydrogen) atoms. The minimum absolute atomic E-state index is 0.0436. The lowest BCUT2D eigenvalue weighted by atomic mass is 10.0. The average molecular weight is 512 g/mol. The molecule has 2 aromatic carbocycles. The van der Waals surface area contributed by atoms with Gasteiger partial charge >= 0.3 is 12.1 Å². The van der Waals surface area contributed by atoms with Crippen molar-refractivity contribution >= 4 is 23.9 Å². The van der Waals surface area contributed by atoms with Gasteiger partial charge in [-0.25, -0.2) is 9.59 Å². The number of esters is 1. The summed E-state index contributed by atoms with van der Waals surface area (Å²) in [7, 11) is 1.16. The minimum Gasteiger partial charge on any atom is -0.467 e. The van der Waals surface area contributed by atoms with Gasteiger partial charge in [0.2, 0.25) is 11.8 Å². The van der Waals surface area contributed by atoms with Crippen LogP contribution in [0.5, 0.6) is 0 Å². The number of carbonyl (C=O) groups is 4. The summed E-state index contributed by atoms with van der Waals surface area (Å²) in [5.74, 6) is -1.80. The SMILES string of the molecule is COC(=O)[C@@H](NC(=O)[C@@H]1CCCN1C(=O)[C@H](Cc1ccccc1)NC(=O)OCc1ccccc1)[C@@H](C)O. The third kappa shape index (κ3) is 7.78. The first-order valence-corrected chi connectivity index (χ1v) is 12.2. The van der Waals surface area contributed by atoms with E-state index in [4.69, 9.17) is 4.74 Å². The Morgan fingerprint density at radius 2 is 1.62 bits per heavy atom. The van der Waals surface area contributed by atoms with Crippen LogP contribution in [0.3, 0.4) is 0 Å². The molecule has 3 amide bonds. The van der Waals surface area contributed by atoms with Crippen molar-refractivity contribution in [3.8, 4) is 0 Å². The molecule has 1 aliphatic rings. The third-order valence-corrected chi connectivity index (χ3v) is 6.16. The lowest BCUT2D eigenvalue weighted by Crippen LogP contribution is -2.57. The maximum atomic E-state index is 13.6. The molecule has 10 nitrogen and oxygen atoms in total. The molecule has 10 heteroatoms. The molecule has 1 heterocycles. The van der Waals surface area contributed by atoms with Crippen LogP contribution in [0.1, 0.15) is 30.9 Å². The Labute approximate surface area is 215 Å². The van der Waals surface area contributed by atoms with Crippen LogP contribution >= 0.6 is 0 Å². The van der Waals surface area contributed by atoms with Gasteiger partial charge in [0.05, 0.1) is 13.2 Å². The molecule has 1 aliphatic heterocycles. The standard InChI is InChI=1S/C27H33N3O7/c1-18(31)23(26(34)36-2)29-24(32)22-14-9-15-30(22)25(33)21(16-19-10-5-3-6-11-19)28-27(35)37-17-20-12-7-4-8-13-20/h3-8,10-13,18,21-23,31H,9,14-17H2,1-2H3,(H,28,35)(H,29,32)/t18-,21+,22+,23+/m1/s1. The fourth-order valence-electron chi connectivity index (χ4n) is 4.21. The predicted molar refractivity (Wildman–Crippen MR) is 134 cm³/mol. The van der Waals surface area contributed by atoms with Crippen LogP contribution in [0.15, 0.2) is 60.7 Å². The number of amides is 3. The smallest absolute Gasteiger partial charge is 0.408 e. The molecule has 3 rings (SSSR count). The summed E-state index contributed by atoms with van der Waals surface area (Å²) in [6.07, 6.45) is -0.796. The Balaban J connectivity index is 1.72. The number of hydrogen-bond donors (Lipinski definition) is 3. The van der Waals surface area contributed by atoms with Gasteiger partial charge in [-0.05, 0) is 30.9 Å². The highest BCUT2D eigenvalue weighted by atomic mass is 16.5. The summed E-state index contributed by atoms with van der Waals surface area (Å²) in [6, 6.07) is 15.3. The zero-order chi connectivity index (χ0) is 26.8. The Morgan fingerprint density at radius 1 is 1.00 bits per heavy atom. The van der Waals surface area contributed by atoms with Crippen molar-refractivity contribution in [3.05, 3.63) is 71.8 Å². The molecule has 0 aliphatic carbocycles. The number of likely N-dealkylation sites (tertiary alicyclic amines) is 1. The van der Waals surface area contributed by atoms with Gasteiger partial charge in [-0.15, -0.1) is 0 Å². The highest BCUT2D eigenvalue weighted by molar-refractivity contribution is 5.93. The van der Waals surface area contributed by atoms with Crippen LogP contribution in [0.4, 0.5) is 4.79 Å². The monoisotopic (exact) mass is 511 g/mol. The molecule has 0 radical (unpaired) electrons. The lowest BCUT2D eigenvalue weighted by Gasteiger charge is -2.30. The summed E-state index contributed by atoms with van der Waals surface area (Å²) in [5, 5.41) is 15.1. The molecular formula is C27H33N3O7. The second kappa shape index (κ2) is 13.4. The van der Waals surface area contributed by atoms with E-state index in [1.54, 1.807) is 0 Å². The third-order valence-electron chi connectivity index (χ3n) is 6.16. The number of aliphatic hydroxyl groups excluding tert-OH is 1. The maximum absolute atomic E-state index is 13.6. The first kappa shape index (κ1) is 27.7. The number of alkyl carbamates (subject to hydrolysis) is 1. The topological polar surface area (TPSA) is 134 Å². The fraction of sp³-hybridized carbons (Fsp3) is 0.407. The van der Waals surface area contributed by atoms with E-state index in [1.165, 1.54) is 11.8 Å². The van der Waals surface area contributed by atoms with Crippen molar-refractivity contribution in [2.45, 2.75) is 57.0 Å². The van der Waals surface area contributed by atoms with E-state index in [0.717, 1.165) is 18.2 Å². The normalized spacial score (nSPS) is 17.3. The first-order valence-electron chi connectivity index (χ1n) is 12.2. The number of aliphatic hydroxyl groups is 1. The molecule has 0 aromatic heterocycles. The molecule has 1 saturated heterocycles. The first-order chi connectivity index (χ1) is 17.8. The van der Waals surface area contributed by atoms with Gasteiger partial charge in [-0.3, -0.25) is 9.59 Å². The van der Waals surface area contributed by atoms with Gasteiger partial charge in [0.15, 0.2) is 6.04 Å². The van der Waals surface area contributed by atoms with Gasteiger partial charge in [-0.1, -0.05) is 60.7 Å². The highest BCUT2D eigenvalue weighted by Crippen LogP contribution is 2.20. The molecule has 198 valence electrons. The number of nitrogens with one attached hydrogen (secondary N) is 2. The van der Waals surface area contributed by atoms with E-state index in [1.807, 2.05) is 60.7 Å². The Kier molecular flexibility index (Phi) is 10.0. The minimum atomic E-state index is -1.26. The second-order valence-electron chi connectivity index (χ2n) is 8.89. The number of benzene rings is 2. The number of methoxy groups -OCH3 is 1. The largest absolute Gasteiger partial charge is 0.467 e. The Bertz CT molecular complexity index is 1060. The quantitative estimate of drug-likeness (QED) is 0.412. The second-order valence-corrected chi connectivity index (χ2v) is 8.89. The Morgan fingerprint density at radius 3 is 2.22 bits per heavy atom. The molecule has 0 spiro atoms. The summed E-state index contributed by atoms with van der Waals surface area (Å²) in [6.45, 7) is 1.71. The molecule has 0 bridgehead atoms.